The van der Waals surface area contributed by atoms with Crippen molar-refractivity contribution in [3.8, 4) is 11.8 Å². The molecule has 0 spiro atoms. The topological polar surface area (TPSA) is 25.8 Å². The molecule has 0 saturated carbocycles. The first-order chi connectivity index (χ1) is 6.95. The molecule has 2 nitrogen and oxygen atoms in total. The summed E-state index contributed by atoms with van der Waals surface area (Å²) in [4.78, 5) is 7.77. The van der Waals surface area contributed by atoms with Crippen molar-refractivity contribution in [3.63, 3.8) is 0 Å². The van der Waals surface area contributed by atoms with Crippen LogP contribution in [0, 0.1) is 11.8 Å². The van der Waals surface area contributed by atoms with Crippen LogP contribution in [0.25, 0.3) is 0 Å². The Labute approximate surface area is 82.7 Å². The molecule has 0 atom stereocenters. The van der Waals surface area contributed by atoms with Gasteiger partial charge in [-0.2, -0.15) is 0 Å². The minimum Gasteiger partial charge on any atom is -0.244 e. The van der Waals surface area contributed by atoms with E-state index in [9.17, 15) is 0 Å². The molecule has 0 aliphatic rings. The Kier molecular flexibility index (Phi) is 2.54. The maximum absolute atomic E-state index is 3.88. The van der Waals surface area contributed by atoms with E-state index in [-0.39, 0.29) is 0 Å². The van der Waals surface area contributed by atoms with Crippen LogP contribution in [0.4, 0.5) is 0 Å². The fourth-order valence-electron chi connectivity index (χ4n) is 1.03. The maximum Gasteiger partial charge on any atom is 0.115 e. The van der Waals surface area contributed by atoms with Crippen molar-refractivity contribution in [2.75, 3.05) is 0 Å². The van der Waals surface area contributed by atoms with Gasteiger partial charge in [0.05, 0.1) is 5.56 Å². The highest BCUT2D eigenvalue weighted by Crippen LogP contribution is 1.96. The van der Waals surface area contributed by atoms with Crippen molar-refractivity contribution >= 4 is 0 Å². The number of benzene rings is 1. The third-order valence-electron chi connectivity index (χ3n) is 1.69. The molecule has 0 aliphatic carbocycles. The van der Waals surface area contributed by atoms with Gasteiger partial charge in [0.1, 0.15) is 6.33 Å². The lowest BCUT2D eigenvalue weighted by Crippen LogP contribution is -1.79. The van der Waals surface area contributed by atoms with E-state index in [0.29, 0.717) is 0 Å². The average Bonchev–Trinajstić information content (AvgIpc) is 2.29. The highest BCUT2D eigenvalue weighted by molar-refractivity contribution is 5.40. The molecule has 2 rings (SSSR count). The lowest BCUT2D eigenvalue weighted by molar-refractivity contribution is 1.16. The molecule has 2 aromatic rings. The Balaban J connectivity index is 2.24. The second-order valence-corrected chi connectivity index (χ2v) is 2.74. The number of nitrogens with zero attached hydrogens (tertiary/aromatic N) is 2. The van der Waals surface area contributed by atoms with Gasteiger partial charge in [0, 0.05) is 18.0 Å². The molecule has 0 fully saturated rings. The Bertz CT molecular complexity index is 408. The molecule has 1 aromatic heterocycles. The van der Waals surface area contributed by atoms with Crippen LogP contribution in [0.5, 0.6) is 0 Å². The van der Waals surface area contributed by atoms with Gasteiger partial charge >= 0.3 is 0 Å². The molecular formula is C12H8N2. The molecular weight excluding hydrogens is 172 g/mol. The molecule has 0 radical (unpaired) electrons. The Morgan fingerprint density at radius 2 is 1.43 bits per heavy atom. The van der Waals surface area contributed by atoms with E-state index in [2.05, 4.69) is 21.8 Å². The molecule has 2 heteroatoms. The molecule has 0 N–H and O–H groups in total. The summed E-state index contributed by atoms with van der Waals surface area (Å²) in [6.45, 7) is 0. The van der Waals surface area contributed by atoms with Crippen LogP contribution in [0.15, 0.2) is 49.1 Å². The minimum atomic E-state index is 0.830. The smallest absolute Gasteiger partial charge is 0.115 e. The van der Waals surface area contributed by atoms with Gasteiger partial charge in [0.25, 0.3) is 0 Å². The van der Waals surface area contributed by atoms with Gasteiger partial charge in [-0.15, -0.1) is 0 Å². The van der Waals surface area contributed by atoms with Gasteiger partial charge in [0.2, 0.25) is 0 Å². The summed E-state index contributed by atoms with van der Waals surface area (Å²) in [5.41, 5.74) is 1.83. The fourth-order valence-corrected chi connectivity index (χ4v) is 1.03. The highest BCUT2D eigenvalue weighted by atomic mass is 14.8. The molecule has 14 heavy (non-hydrogen) atoms. The van der Waals surface area contributed by atoms with Gasteiger partial charge in [-0.25, -0.2) is 9.97 Å². The van der Waals surface area contributed by atoms with Crippen LogP contribution in [-0.4, -0.2) is 9.97 Å². The van der Waals surface area contributed by atoms with Crippen molar-refractivity contribution in [3.05, 3.63) is 60.2 Å². The predicted molar refractivity (Wildman–Crippen MR) is 54.5 cm³/mol. The summed E-state index contributed by atoms with van der Waals surface area (Å²) in [5, 5.41) is 0. The van der Waals surface area contributed by atoms with Crippen LogP contribution >= 0.6 is 0 Å². The molecule has 0 aliphatic heterocycles. The van der Waals surface area contributed by atoms with Crippen LogP contribution < -0.4 is 0 Å². The van der Waals surface area contributed by atoms with E-state index >= 15 is 0 Å². The molecule has 0 bridgehead atoms. The lowest BCUT2D eigenvalue weighted by atomic mass is 10.2. The normalized spacial score (nSPS) is 8.86. The first-order valence-electron chi connectivity index (χ1n) is 4.27. The van der Waals surface area contributed by atoms with Gasteiger partial charge in [-0.1, -0.05) is 30.0 Å². The van der Waals surface area contributed by atoms with Crippen molar-refractivity contribution < 1.29 is 0 Å². The third-order valence-corrected chi connectivity index (χ3v) is 1.69. The quantitative estimate of drug-likeness (QED) is 0.578. The zero-order chi connectivity index (χ0) is 9.64. The van der Waals surface area contributed by atoms with Gasteiger partial charge in [-0.3, -0.25) is 0 Å². The molecule has 1 heterocycles. The van der Waals surface area contributed by atoms with Crippen molar-refractivity contribution in [2.45, 2.75) is 0 Å². The van der Waals surface area contributed by atoms with Crippen molar-refractivity contribution in [2.24, 2.45) is 0 Å². The molecule has 0 unspecified atom stereocenters. The van der Waals surface area contributed by atoms with Crippen molar-refractivity contribution in [1.82, 2.24) is 9.97 Å². The van der Waals surface area contributed by atoms with E-state index in [1.807, 2.05) is 30.3 Å². The van der Waals surface area contributed by atoms with Crippen LogP contribution in [-0.2, 0) is 0 Å². The zero-order valence-corrected chi connectivity index (χ0v) is 7.51. The average molecular weight is 180 g/mol. The van der Waals surface area contributed by atoms with Gasteiger partial charge in [-0.05, 0) is 12.1 Å². The third kappa shape index (κ3) is 2.18. The maximum atomic E-state index is 3.88. The van der Waals surface area contributed by atoms with Crippen LogP contribution in [0.2, 0.25) is 0 Å². The SMILES string of the molecule is C(#Cc1cncnc1)c1ccccc1. The summed E-state index contributed by atoms with van der Waals surface area (Å²) in [7, 11) is 0. The second-order valence-electron chi connectivity index (χ2n) is 2.74. The summed E-state index contributed by atoms with van der Waals surface area (Å²) in [6, 6.07) is 9.83. The van der Waals surface area contributed by atoms with Crippen molar-refractivity contribution in [1.29, 1.82) is 0 Å². The van der Waals surface area contributed by atoms with E-state index in [4.69, 9.17) is 0 Å². The fraction of sp³-hybridized carbons (Fsp3) is 0. The molecule has 0 amide bonds. The minimum absolute atomic E-state index is 0.830. The summed E-state index contributed by atoms with van der Waals surface area (Å²) >= 11 is 0. The van der Waals surface area contributed by atoms with E-state index in [0.717, 1.165) is 11.1 Å². The first kappa shape index (κ1) is 8.46. The molecule has 0 saturated heterocycles. The zero-order valence-electron chi connectivity index (χ0n) is 7.51. The molecule has 1 aromatic carbocycles. The number of hydrogen-bond acceptors (Lipinski definition) is 2. The summed E-state index contributed by atoms with van der Waals surface area (Å²) in [6.07, 6.45) is 4.89. The number of hydrogen-bond donors (Lipinski definition) is 0. The molecule has 66 valence electrons. The van der Waals surface area contributed by atoms with Crippen LogP contribution in [0.3, 0.4) is 0 Å². The van der Waals surface area contributed by atoms with E-state index < -0.39 is 0 Å². The Hall–Kier alpha value is -2.14. The van der Waals surface area contributed by atoms with Gasteiger partial charge < -0.3 is 0 Å². The Morgan fingerprint density at radius 3 is 2.14 bits per heavy atom. The lowest BCUT2D eigenvalue weighted by Gasteiger charge is -1.87. The second kappa shape index (κ2) is 4.20. The largest absolute Gasteiger partial charge is 0.244 e. The van der Waals surface area contributed by atoms with Gasteiger partial charge in [0.15, 0.2) is 0 Å². The Morgan fingerprint density at radius 1 is 0.786 bits per heavy atom. The predicted octanol–water partition coefficient (Wildman–Crippen LogP) is 1.88. The first-order valence-corrected chi connectivity index (χ1v) is 4.27. The summed E-state index contributed by atoms with van der Waals surface area (Å²) < 4.78 is 0. The highest BCUT2D eigenvalue weighted by Gasteiger charge is 1.84. The van der Waals surface area contributed by atoms with Crippen LogP contribution in [0.1, 0.15) is 11.1 Å². The summed E-state index contributed by atoms with van der Waals surface area (Å²) in [5.74, 6) is 6.02. The monoisotopic (exact) mass is 180 g/mol. The number of aromatic nitrogens is 2. The van der Waals surface area contributed by atoms with E-state index in [1.54, 1.807) is 12.4 Å². The van der Waals surface area contributed by atoms with E-state index in [1.165, 1.54) is 6.33 Å². The number of rotatable bonds is 0. The standard InChI is InChI=1S/C12H8N2/c1-2-4-11(5-3-1)6-7-12-8-13-10-14-9-12/h1-5,8-10H.